The topological polar surface area (TPSA) is 84.0 Å². The fourth-order valence-electron chi connectivity index (χ4n) is 2.49. The molecule has 6 nitrogen and oxygen atoms in total. The van der Waals surface area contributed by atoms with Crippen LogP contribution in [0.15, 0.2) is 64.4 Å². The highest BCUT2D eigenvalue weighted by Gasteiger charge is 2.11. The lowest BCUT2D eigenvalue weighted by Crippen LogP contribution is -2.24. The number of anilines is 1. The molecule has 0 radical (unpaired) electrons. The van der Waals surface area contributed by atoms with Gasteiger partial charge < -0.3 is 14.9 Å². The van der Waals surface area contributed by atoms with Crippen molar-refractivity contribution >= 4 is 23.2 Å². The van der Waals surface area contributed by atoms with E-state index in [4.69, 9.17) is 11.6 Å². The Morgan fingerprint density at radius 3 is 2.69 bits per heavy atom. The number of halogens is 1. The molecule has 132 valence electrons. The molecule has 0 spiro atoms. The number of pyridine rings is 2. The number of nitrogens with one attached hydrogen (secondary N) is 2. The molecule has 3 rings (SSSR count). The summed E-state index contributed by atoms with van der Waals surface area (Å²) >= 11 is 6.14. The molecule has 0 saturated carbocycles. The Hall–Kier alpha value is -3.12. The molecule has 2 N–H and O–H groups in total. The van der Waals surface area contributed by atoms with Gasteiger partial charge in [-0.05, 0) is 24.6 Å². The maximum atomic E-state index is 12.3. The number of benzene rings is 1. The van der Waals surface area contributed by atoms with Crippen molar-refractivity contribution in [1.29, 1.82) is 0 Å². The van der Waals surface area contributed by atoms with E-state index in [1.807, 2.05) is 18.2 Å². The minimum Gasteiger partial charge on any atom is -0.364 e. The van der Waals surface area contributed by atoms with Crippen molar-refractivity contribution in [2.24, 2.45) is 0 Å². The first-order chi connectivity index (χ1) is 12.4. The number of amides is 1. The second-order valence-corrected chi connectivity index (χ2v) is 6.23. The molecule has 0 bridgehead atoms. The first-order valence-corrected chi connectivity index (χ1v) is 8.26. The number of aryl methyl sites for hydroxylation is 1. The van der Waals surface area contributed by atoms with Crippen LogP contribution in [0.5, 0.6) is 0 Å². The van der Waals surface area contributed by atoms with Gasteiger partial charge in [0, 0.05) is 35.2 Å². The molecule has 7 heteroatoms. The highest BCUT2D eigenvalue weighted by Crippen LogP contribution is 2.16. The summed E-state index contributed by atoms with van der Waals surface area (Å²) in [5.74, 6) is -0.547. The van der Waals surface area contributed by atoms with E-state index >= 15 is 0 Å². The minimum absolute atomic E-state index is 0.000506. The summed E-state index contributed by atoms with van der Waals surface area (Å²) in [6.45, 7) is 2.00. The Morgan fingerprint density at radius 2 is 1.96 bits per heavy atom. The van der Waals surface area contributed by atoms with Crippen molar-refractivity contribution in [3.05, 3.63) is 97.3 Å². The first kappa shape index (κ1) is 17.7. The number of hydrogen-bond acceptors (Lipinski definition) is 3. The van der Waals surface area contributed by atoms with Crippen LogP contribution in [0.2, 0.25) is 5.02 Å². The number of rotatable bonds is 4. The van der Waals surface area contributed by atoms with Crippen LogP contribution in [0.25, 0.3) is 0 Å². The minimum atomic E-state index is -0.547. The van der Waals surface area contributed by atoms with E-state index in [-0.39, 0.29) is 23.1 Å². The molecule has 2 heterocycles. The Morgan fingerprint density at radius 1 is 1.19 bits per heavy atom. The lowest BCUT2D eigenvalue weighted by molar-refractivity contribution is 0.102. The van der Waals surface area contributed by atoms with E-state index in [0.29, 0.717) is 16.4 Å². The van der Waals surface area contributed by atoms with Crippen LogP contribution >= 0.6 is 11.6 Å². The molecule has 26 heavy (non-hydrogen) atoms. The maximum absolute atomic E-state index is 12.3. The van der Waals surface area contributed by atoms with E-state index in [9.17, 15) is 14.4 Å². The summed E-state index contributed by atoms with van der Waals surface area (Å²) in [5.41, 5.74) is 1.26. The summed E-state index contributed by atoms with van der Waals surface area (Å²) in [6, 6.07) is 11.4. The molecule has 0 unspecified atom stereocenters. The third kappa shape index (κ3) is 3.92. The number of aromatic nitrogens is 2. The van der Waals surface area contributed by atoms with Crippen molar-refractivity contribution < 1.29 is 4.79 Å². The van der Waals surface area contributed by atoms with Gasteiger partial charge in [0.15, 0.2) is 5.43 Å². The number of hydrogen-bond donors (Lipinski definition) is 2. The van der Waals surface area contributed by atoms with Crippen LogP contribution < -0.4 is 16.3 Å². The number of aromatic amines is 1. The zero-order valence-corrected chi connectivity index (χ0v) is 14.7. The van der Waals surface area contributed by atoms with Crippen molar-refractivity contribution in [3.8, 4) is 0 Å². The molecule has 0 saturated heterocycles. The highest BCUT2D eigenvalue weighted by molar-refractivity contribution is 6.31. The summed E-state index contributed by atoms with van der Waals surface area (Å²) in [6.07, 6.45) is 2.89. The van der Waals surface area contributed by atoms with Gasteiger partial charge in [-0.25, -0.2) is 0 Å². The normalized spacial score (nSPS) is 10.5. The molecule has 0 aliphatic heterocycles. The first-order valence-electron chi connectivity index (χ1n) is 7.88. The molecule has 1 aromatic carbocycles. The van der Waals surface area contributed by atoms with Gasteiger partial charge >= 0.3 is 0 Å². The highest BCUT2D eigenvalue weighted by atomic mass is 35.5. The number of H-pyrrole nitrogens is 1. The molecule has 0 aliphatic rings. The van der Waals surface area contributed by atoms with Crippen LogP contribution in [0.1, 0.15) is 21.6 Å². The predicted molar refractivity (Wildman–Crippen MR) is 101 cm³/mol. The van der Waals surface area contributed by atoms with Gasteiger partial charge in [0.1, 0.15) is 5.56 Å². The fourth-order valence-corrected chi connectivity index (χ4v) is 2.68. The largest absolute Gasteiger partial charge is 0.364 e. The SMILES string of the molecule is Cc1cc(=O)c(C(=O)Nc2ccc(=O)n(Cc3ccccc3Cl)c2)c[nH]1. The molecule has 2 aromatic heterocycles. The van der Waals surface area contributed by atoms with Gasteiger partial charge in [-0.1, -0.05) is 29.8 Å². The predicted octanol–water partition coefficient (Wildman–Crippen LogP) is 2.80. The third-order valence-electron chi connectivity index (χ3n) is 3.84. The van der Waals surface area contributed by atoms with Gasteiger partial charge in [-0.3, -0.25) is 14.4 Å². The molecule has 0 fully saturated rings. The lowest BCUT2D eigenvalue weighted by atomic mass is 10.2. The number of nitrogens with zero attached hydrogens (tertiary/aromatic N) is 1. The average molecular weight is 370 g/mol. The molecular formula is C19H16ClN3O3. The summed E-state index contributed by atoms with van der Waals surface area (Å²) in [7, 11) is 0. The Labute approximate surface area is 154 Å². The molecule has 1 amide bonds. The average Bonchev–Trinajstić information content (AvgIpc) is 2.59. The zero-order valence-electron chi connectivity index (χ0n) is 14.0. The van der Waals surface area contributed by atoms with Gasteiger partial charge in [-0.15, -0.1) is 0 Å². The van der Waals surface area contributed by atoms with Crippen molar-refractivity contribution in [2.75, 3.05) is 5.32 Å². The standard InChI is InChI=1S/C19H16ClN3O3/c1-12-8-17(24)15(9-21-12)19(26)22-14-6-7-18(25)23(11-14)10-13-4-2-3-5-16(13)20/h2-9,11H,10H2,1H3,(H,21,24)(H,22,26). The molecule has 3 aromatic rings. The number of carbonyl (C=O) groups excluding carboxylic acids is 1. The van der Waals surface area contributed by atoms with E-state index in [1.165, 1.54) is 35.2 Å². The van der Waals surface area contributed by atoms with Crippen molar-refractivity contribution in [1.82, 2.24) is 9.55 Å². The summed E-state index contributed by atoms with van der Waals surface area (Å²) in [4.78, 5) is 39.2. The van der Waals surface area contributed by atoms with Crippen molar-refractivity contribution in [2.45, 2.75) is 13.5 Å². The molecular weight excluding hydrogens is 354 g/mol. The van der Waals surface area contributed by atoms with Crippen molar-refractivity contribution in [3.63, 3.8) is 0 Å². The van der Waals surface area contributed by atoms with E-state index < -0.39 is 5.91 Å². The maximum Gasteiger partial charge on any atom is 0.261 e. The Kier molecular flexibility index (Phi) is 5.04. The van der Waals surface area contributed by atoms with Crippen LogP contribution in [0.3, 0.4) is 0 Å². The van der Waals surface area contributed by atoms with Gasteiger partial charge in [0.2, 0.25) is 0 Å². The Bertz CT molecular complexity index is 1090. The van der Waals surface area contributed by atoms with Crippen LogP contribution in [0, 0.1) is 6.92 Å². The third-order valence-corrected chi connectivity index (χ3v) is 4.21. The van der Waals surface area contributed by atoms with Crippen LogP contribution in [0.4, 0.5) is 5.69 Å². The fraction of sp³-hybridized carbons (Fsp3) is 0.105. The second-order valence-electron chi connectivity index (χ2n) is 5.82. The summed E-state index contributed by atoms with van der Waals surface area (Å²) in [5, 5.41) is 3.19. The quantitative estimate of drug-likeness (QED) is 0.741. The van der Waals surface area contributed by atoms with Crippen LogP contribution in [-0.4, -0.2) is 15.5 Å². The smallest absolute Gasteiger partial charge is 0.261 e. The lowest BCUT2D eigenvalue weighted by Gasteiger charge is -2.10. The van der Waals surface area contributed by atoms with E-state index in [2.05, 4.69) is 10.3 Å². The van der Waals surface area contributed by atoms with Gasteiger partial charge in [0.05, 0.1) is 12.2 Å². The Balaban J connectivity index is 1.85. The zero-order chi connectivity index (χ0) is 18.7. The van der Waals surface area contributed by atoms with E-state index in [0.717, 1.165) is 5.56 Å². The van der Waals surface area contributed by atoms with Crippen LogP contribution in [-0.2, 0) is 6.54 Å². The van der Waals surface area contributed by atoms with E-state index in [1.54, 1.807) is 13.0 Å². The molecule has 0 aliphatic carbocycles. The van der Waals surface area contributed by atoms with Gasteiger partial charge in [0.25, 0.3) is 11.5 Å². The van der Waals surface area contributed by atoms with Gasteiger partial charge in [-0.2, -0.15) is 0 Å². The molecule has 0 atom stereocenters. The summed E-state index contributed by atoms with van der Waals surface area (Å²) < 4.78 is 1.44. The number of carbonyl (C=O) groups is 1. The monoisotopic (exact) mass is 369 g/mol. The second kappa shape index (κ2) is 7.41.